The van der Waals surface area contributed by atoms with E-state index in [-0.39, 0.29) is 0 Å². The summed E-state index contributed by atoms with van der Waals surface area (Å²) in [6, 6.07) is 0. The third kappa shape index (κ3) is 5.23. The first-order valence-electron chi connectivity index (χ1n) is 7.54. The van der Waals surface area contributed by atoms with Crippen molar-refractivity contribution in [3.8, 4) is 0 Å². The largest absolute Gasteiger partial charge is 0.377 e. The van der Waals surface area contributed by atoms with Gasteiger partial charge in [-0.05, 0) is 19.8 Å². The molecule has 0 fully saturated rings. The maximum atomic E-state index is 5.79. The van der Waals surface area contributed by atoms with Gasteiger partial charge in [0.05, 0.1) is 12.3 Å². The Morgan fingerprint density at radius 2 is 1.95 bits per heavy atom. The number of aromatic nitrogens is 2. The van der Waals surface area contributed by atoms with Crippen molar-refractivity contribution in [1.29, 1.82) is 0 Å². The molecular weight excluding hydrogens is 238 g/mol. The number of anilines is 1. The summed E-state index contributed by atoms with van der Waals surface area (Å²) in [6.45, 7) is 8.93. The van der Waals surface area contributed by atoms with E-state index in [1.54, 1.807) is 0 Å². The highest BCUT2D eigenvalue weighted by molar-refractivity contribution is 5.47. The smallest absolute Gasteiger partial charge is 0.129 e. The van der Waals surface area contributed by atoms with E-state index in [1.807, 2.05) is 18.7 Å². The fourth-order valence-corrected chi connectivity index (χ4v) is 2.14. The molecule has 0 radical (unpaired) electrons. The predicted molar refractivity (Wildman–Crippen MR) is 80.5 cm³/mol. The molecule has 0 unspecified atom stereocenters. The average molecular weight is 267 g/mol. The van der Waals surface area contributed by atoms with E-state index in [9.17, 15) is 0 Å². The van der Waals surface area contributed by atoms with Crippen LogP contribution in [0.2, 0.25) is 0 Å². The normalized spacial score (nSPS) is 10.9. The summed E-state index contributed by atoms with van der Waals surface area (Å²) in [5.74, 6) is 1.10. The maximum absolute atomic E-state index is 5.79. The van der Waals surface area contributed by atoms with Gasteiger partial charge in [-0.2, -0.15) is 5.10 Å². The van der Waals surface area contributed by atoms with E-state index >= 15 is 0 Å². The first-order valence-corrected chi connectivity index (χ1v) is 7.54. The molecule has 0 amide bonds. The lowest BCUT2D eigenvalue weighted by Crippen LogP contribution is -2.08. The number of aryl methyl sites for hydroxylation is 2. The molecule has 0 bridgehead atoms. The SMILES string of the molecule is CCCCCCOCc1c(C)nn(C)c1NCCC. The highest BCUT2D eigenvalue weighted by atomic mass is 16.5. The van der Waals surface area contributed by atoms with Crippen LogP contribution in [0.15, 0.2) is 0 Å². The van der Waals surface area contributed by atoms with E-state index < -0.39 is 0 Å². The summed E-state index contributed by atoms with van der Waals surface area (Å²) >= 11 is 0. The van der Waals surface area contributed by atoms with E-state index in [0.29, 0.717) is 6.61 Å². The number of hydrogen-bond acceptors (Lipinski definition) is 3. The van der Waals surface area contributed by atoms with Crippen LogP contribution in [0, 0.1) is 6.92 Å². The average Bonchev–Trinajstić information content (AvgIpc) is 2.66. The lowest BCUT2D eigenvalue weighted by Gasteiger charge is -2.09. The first kappa shape index (κ1) is 16.0. The Bertz CT molecular complexity index is 361. The molecule has 19 heavy (non-hydrogen) atoms. The molecule has 0 saturated carbocycles. The number of rotatable bonds is 10. The van der Waals surface area contributed by atoms with Gasteiger partial charge < -0.3 is 10.1 Å². The van der Waals surface area contributed by atoms with Gasteiger partial charge in [0.1, 0.15) is 5.82 Å². The Kier molecular flexibility index (Phi) is 7.56. The molecule has 0 aliphatic heterocycles. The number of unbranched alkanes of at least 4 members (excludes halogenated alkanes) is 3. The molecule has 0 saturated heterocycles. The van der Waals surface area contributed by atoms with Crippen molar-refractivity contribution in [1.82, 2.24) is 9.78 Å². The molecule has 1 N–H and O–H groups in total. The second-order valence-electron chi connectivity index (χ2n) is 5.08. The zero-order chi connectivity index (χ0) is 14.1. The molecule has 0 aliphatic rings. The van der Waals surface area contributed by atoms with Crippen LogP contribution in [0.5, 0.6) is 0 Å². The third-order valence-corrected chi connectivity index (χ3v) is 3.28. The molecular formula is C15H29N3O. The van der Waals surface area contributed by atoms with Crippen molar-refractivity contribution < 1.29 is 4.74 Å². The molecule has 4 nitrogen and oxygen atoms in total. The fraction of sp³-hybridized carbons (Fsp3) is 0.800. The fourth-order valence-electron chi connectivity index (χ4n) is 2.14. The van der Waals surface area contributed by atoms with Crippen LogP contribution in [0.25, 0.3) is 0 Å². The van der Waals surface area contributed by atoms with E-state index in [0.717, 1.165) is 37.5 Å². The van der Waals surface area contributed by atoms with E-state index in [4.69, 9.17) is 4.74 Å². The van der Waals surface area contributed by atoms with Gasteiger partial charge in [-0.3, -0.25) is 4.68 Å². The third-order valence-electron chi connectivity index (χ3n) is 3.28. The van der Waals surface area contributed by atoms with Crippen LogP contribution in [-0.2, 0) is 18.4 Å². The van der Waals surface area contributed by atoms with Gasteiger partial charge in [0.25, 0.3) is 0 Å². The van der Waals surface area contributed by atoms with Crippen molar-refractivity contribution in [2.24, 2.45) is 7.05 Å². The van der Waals surface area contributed by atoms with Gasteiger partial charge in [0.15, 0.2) is 0 Å². The maximum Gasteiger partial charge on any atom is 0.129 e. The Balaban J connectivity index is 2.43. The molecule has 1 aromatic rings. The van der Waals surface area contributed by atoms with Gasteiger partial charge in [0.2, 0.25) is 0 Å². The minimum atomic E-state index is 0.665. The lowest BCUT2D eigenvalue weighted by molar-refractivity contribution is 0.117. The number of ether oxygens (including phenoxy) is 1. The van der Waals surface area contributed by atoms with Gasteiger partial charge in [-0.15, -0.1) is 0 Å². The van der Waals surface area contributed by atoms with Crippen LogP contribution in [0.4, 0.5) is 5.82 Å². The Morgan fingerprint density at radius 3 is 2.63 bits per heavy atom. The van der Waals surface area contributed by atoms with Crippen LogP contribution >= 0.6 is 0 Å². The monoisotopic (exact) mass is 267 g/mol. The standard InChI is InChI=1S/C15H29N3O/c1-5-7-8-9-11-19-12-14-13(3)17-18(4)15(14)16-10-6-2/h16H,5-12H2,1-4H3. The second kappa shape index (κ2) is 8.97. The summed E-state index contributed by atoms with van der Waals surface area (Å²) < 4.78 is 7.71. The molecule has 1 aromatic heterocycles. The van der Waals surface area contributed by atoms with E-state index in [2.05, 4.69) is 24.3 Å². The topological polar surface area (TPSA) is 39.1 Å². The zero-order valence-electron chi connectivity index (χ0n) is 13.0. The van der Waals surface area contributed by atoms with Crippen molar-refractivity contribution in [3.63, 3.8) is 0 Å². The van der Waals surface area contributed by atoms with Crippen molar-refractivity contribution in [3.05, 3.63) is 11.3 Å². The summed E-state index contributed by atoms with van der Waals surface area (Å²) in [5.41, 5.74) is 2.26. The summed E-state index contributed by atoms with van der Waals surface area (Å²) in [7, 11) is 1.98. The van der Waals surface area contributed by atoms with E-state index in [1.165, 1.54) is 24.8 Å². The first-order chi connectivity index (χ1) is 9.20. The number of nitrogens with one attached hydrogen (secondary N) is 1. The van der Waals surface area contributed by atoms with Crippen LogP contribution < -0.4 is 5.32 Å². The zero-order valence-corrected chi connectivity index (χ0v) is 13.0. The molecule has 110 valence electrons. The van der Waals surface area contributed by atoms with Gasteiger partial charge in [-0.1, -0.05) is 33.1 Å². The Labute approximate surface area is 117 Å². The van der Waals surface area contributed by atoms with Crippen molar-refractivity contribution in [2.75, 3.05) is 18.5 Å². The lowest BCUT2D eigenvalue weighted by atomic mass is 10.2. The molecule has 1 heterocycles. The Morgan fingerprint density at radius 1 is 1.16 bits per heavy atom. The van der Waals surface area contributed by atoms with Gasteiger partial charge in [-0.25, -0.2) is 0 Å². The molecule has 1 rings (SSSR count). The molecule has 4 heteroatoms. The quantitative estimate of drug-likeness (QED) is 0.658. The minimum Gasteiger partial charge on any atom is -0.377 e. The summed E-state index contributed by atoms with van der Waals surface area (Å²) in [5, 5.41) is 7.90. The summed E-state index contributed by atoms with van der Waals surface area (Å²) in [6.07, 6.45) is 6.11. The predicted octanol–water partition coefficient (Wildman–Crippen LogP) is 3.65. The van der Waals surface area contributed by atoms with Crippen LogP contribution in [-0.4, -0.2) is 22.9 Å². The number of nitrogens with zero attached hydrogens (tertiary/aromatic N) is 2. The number of hydrogen-bond donors (Lipinski definition) is 1. The van der Waals surface area contributed by atoms with Crippen molar-refractivity contribution >= 4 is 5.82 Å². The Hall–Kier alpha value is -1.03. The molecule has 0 aliphatic carbocycles. The molecule has 0 aromatic carbocycles. The van der Waals surface area contributed by atoms with Gasteiger partial charge in [0, 0.05) is 25.8 Å². The summed E-state index contributed by atoms with van der Waals surface area (Å²) in [4.78, 5) is 0. The van der Waals surface area contributed by atoms with Gasteiger partial charge >= 0.3 is 0 Å². The van der Waals surface area contributed by atoms with Crippen LogP contribution in [0.1, 0.15) is 57.2 Å². The second-order valence-corrected chi connectivity index (χ2v) is 5.08. The highest BCUT2D eigenvalue weighted by Gasteiger charge is 2.12. The molecule has 0 spiro atoms. The van der Waals surface area contributed by atoms with Crippen LogP contribution in [0.3, 0.4) is 0 Å². The molecule has 0 atom stereocenters. The van der Waals surface area contributed by atoms with Crippen molar-refractivity contribution in [2.45, 2.75) is 59.5 Å². The highest BCUT2D eigenvalue weighted by Crippen LogP contribution is 2.19. The minimum absolute atomic E-state index is 0.665.